The fourth-order valence-electron chi connectivity index (χ4n) is 1.42. The van der Waals surface area contributed by atoms with Crippen molar-refractivity contribution in [2.45, 2.75) is 13.5 Å². The number of thiophene rings is 1. The fourth-order valence-corrected chi connectivity index (χ4v) is 2.81. The van der Waals surface area contributed by atoms with Crippen molar-refractivity contribution in [1.82, 2.24) is 0 Å². The Bertz CT molecular complexity index is 580. The minimum Gasteiger partial charge on any atom is -0.456 e. The number of carbonyl (C=O) groups is 1. The summed E-state index contributed by atoms with van der Waals surface area (Å²) < 4.78 is 6.24. The molecule has 94 valence electrons. The average Bonchev–Trinajstić information content (AvgIpc) is 2.75. The average molecular weight is 326 g/mol. The van der Waals surface area contributed by atoms with Crippen LogP contribution in [0.15, 0.2) is 34.1 Å². The van der Waals surface area contributed by atoms with E-state index in [-0.39, 0.29) is 12.6 Å². The van der Waals surface area contributed by atoms with E-state index < -0.39 is 0 Å². The summed E-state index contributed by atoms with van der Waals surface area (Å²) in [5, 5.41) is 0. The normalized spacial score (nSPS) is 10.3. The molecule has 18 heavy (non-hydrogen) atoms. The number of benzene rings is 1. The van der Waals surface area contributed by atoms with Crippen LogP contribution < -0.4 is 5.73 Å². The number of aryl methyl sites for hydroxylation is 1. The van der Waals surface area contributed by atoms with Crippen LogP contribution in [0.5, 0.6) is 0 Å². The highest BCUT2D eigenvalue weighted by Gasteiger charge is 2.09. The van der Waals surface area contributed by atoms with E-state index in [0.717, 1.165) is 14.2 Å². The number of carbonyl (C=O) groups excluding carboxylic acids is 1. The van der Waals surface area contributed by atoms with Gasteiger partial charge in [0.05, 0.1) is 9.35 Å². The van der Waals surface area contributed by atoms with E-state index in [4.69, 9.17) is 10.5 Å². The minimum absolute atomic E-state index is 0.281. The van der Waals surface area contributed by atoms with Crippen molar-refractivity contribution in [2.24, 2.45) is 0 Å². The molecule has 2 rings (SSSR count). The Morgan fingerprint density at radius 1 is 1.39 bits per heavy atom. The van der Waals surface area contributed by atoms with E-state index in [1.807, 2.05) is 25.1 Å². The molecule has 0 unspecified atom stereocenters. The van der Waals surface area contributed by atoms with Gasteiger partial charge in [-0.1, -0.05) is 6.07 Å². The summed E-state index contributed by atoms with van der Waals surface area (Å²) >= 11 is 4.91. The second kappa shape index (κ2) is 5.54. The molecule has 0 saturated heterocycles. The summed E-state index contributed by atoms with van der Waals surface area (Å²) in [6, 6.07) is 9.03. The third kappa shape index (κ3) is 3.11. The molecule has 5 heteroatoms. The molecule has 0 radical (unpaired) electrons. The van der Waals surface area contributed by atoms with Crippen molar-refractivity contribution in [3.8, 4) is 0 Å². The van der Waals surface area contributed by atoms with Gasteiger partial charge >= 0.3 is 5.97 Å². The molecule has 0 bridgehead atoms. The number of nitrogens with two attached hydrogens (primary N) is 1. The number of hydrogen-bond acceptors (Lipinski definition) is 4. The van der Waals surface area contributed by atoms with Crippen LogP contribution in [-0.4, -0.2) is 5.97 Å². The van der Waals surface area contributed by atoms with Gasteiger partial charge in [-0.25, -0.2) is 4.79 Å². The molecular weight excluding hydrogens is 314 g/mol. The number of esters is 1. The molecule has 0 fully saturated rings. The van der Waals surface area contributed by atoms with Crippen LogP contribution in [0.25, 0.3) is 0 Å². The Kier molecular flexibility index (Phi) is 4.04. The summed E-state index contributed by atoms with van der Waals surface area (Å²) in [5.74, 6) is -0.355. The smallest absolute Gasteiger partial charge is 0.338 e. The third-order valence-corrected chi connectivity index (χ3v) is 4.09. The van der Waals surface area contributed by atoms with E-state index in [1.54, 1.807) is 23.5 Å². The molecule has 0 atom stereocenters. The molecule has 1 aromatic carbocycles. The quantitative estimate of drug-likeness (QED) is 0.690. The molecule has 0 amide bonds. The molecule has 1 aromatic heterocycles. The zero-order chi connectivity index (χ0) is 13.1. The third-order valence-electron chi connectivity index (χ3n) is 2.49. The molecule has 0 aliphatic carbocycles. The van der Waals surface area contributed by atoms with E-state index in [9.17, 15) is 4.79 Å². The van der Waals surface area contributed by atoms with Gasteiger partial charge in [0.2, 0.25) is 0 Å². The second-order valence-corrected chi connectivity index (χ2v) is 6.40. The first-order valence-electron chi connectivity index (χ1n) is 5.34. The van der Waals surface area contributed by atoms with Crippen LogP contribution in [0.1, 0.15) is 20.8 Å². The van der Waals surface area contributed by atoms with Crippen molar-refractivity contribution in [3.05, 3.63) is 50.1 Å². The van der Waals surface area contributed by atoms with Gasteiger partial charge in [-0.15, -0.1) is 11.3 Å². The van der Waals surface area contributed by atoms with Crippen LogP contribution in [0.3, 0.4) is 0 Å². The van der Waals surface area contributed by atoms with E-state index in [0.29, 0.717) is 11.3 Å². The standard InChI is InChI=1S/C13H12BrNO2S/c1-8-2-3-9(6-11(8)15)13(16)17-7-10-4-5-12(14)18-10/h2-6H,7,15H2,1H3. The lowest BCUT2D eigenvalue weighted by atomic mass is 10.1. The van der Waals surface area contributed by atoms with Gasteiger partial charge in [0.1, 0.15) is 6.61 Å². The number of halogens is 1. The molecule has 2 N–H and O–H groups in total. The van der Waals surface area contributed by atoms with Gasteiger partial charge in [0.15, 0.2) is 0 Å². The van der Waals surface area contributed by atoms with E-state index in [1.165, 1.54) is 0 Å². The summed E-state index contributed by atoms with van der Waals surface area (Å²) in [6.07, 6.45) is 0. The van der Waals surface area contributed by atoms with Gasteiger partial charge < -0.3 is 10.5 Å². The number of ether oxygens (including phenoxy) is 1. The van der Waals surface area contributed by atoms with Crippen LogP contribution in [0.2, 0.25) is 0 Å². The van der Waals surface area contributed by atoms with Crippen molar-refractivity contribution >= 4 is 38.9 Å². The van der Waals surface area contributed by atoms with Crippen LogP contribution >= 0.6 is 27.3 Å². The highest BCUT2D eigenvalue weighted by atomic mass is 79.9. The van der Waals surface area contributed by atoms with Crippen molar-refractivity contribution < 1.29 is 9.53 Å². The molecule has 0 saturated carbocycles. The van der Waals surface area contributed by atoms with Crippen LogP contribution in [0.4, 0.5) is 5.69 Å². The maximum absolute atomic E-state index is 11.8. The first kappa shape index (κ1) is 13.1. The predicted molar refractivity (Wildman–Crippen MR) is 76.7 cm³/mol. The molecule has 3 nitrogen and oxygen atoms in total. The molecular formula is C13H12BrNO2S. The van der Waals surface area contributed by atoms with Crippen LogP contribution in [0, 0.1) is 6.92 Å². The van der Waals surface area contributed by atoms with Gasteiger partial charge in [-0.3, -0.25) is 0 Å². The SMILES string of the molecule is Cc1ccc(C(=O)OCc2ccc(Br)s2)cc1N. The van der Waals surface area contributed by atoms with Gasteiger partial charge in [0, 0.05) is 10.6 Å². The highest BCUT2D eigenvalue weighted by Crippen LogP contribution is 2.23. The van der Waals surface area contributed by atoms with Crippen molar-refractivity contribution in [2.75, 3.05) is 5.73 Å². The lowest BCUT2D eigenvalue weighted by Crippen LogP contribution is -2.05. The Labute approximate surface area is 118 Å². The topological polar surface area (TPSA) is 52.3 Å². The summed E-state index contributed by atoms with van der Waals surface area (Å²) in [6.45, 7) is 2.18. The lowest BCUT2D eigenvalue weighted by molar-refractivity contribution is 0.0477. The number of nitrogen functional groups attached to an aromatic ring is 1. The van der Waals surface area contributed by atoms with Crippen molar-refractivity contribution in [1.29, 1.82) is 0 Å². The molecule has 0 aliphatic heterocycles. The Balaban J connectivity index is 2.01. The first-order chi connectivity index (χ1) is 8.56. The Hall–Kier alpha value is -1.33. The van der Waals surface area contributed by atoms with E-state index in [2.05, 4.69) is 15.9 Å². The lowest BCUT2D eigenvalue weighted by Gasteiger charge is -2.05. The maximum Gasteiger partial charge on any atom is 0.338 e. The fraction of sp³-hybridized carbons (Fsp3) is 0.154. The van der Waals surface area contributed by atoms with E-state index >= 15 is 0 Å². The summed E-state index contributed by atoms with van der Waals surface area (Å²) in [5.41, 5.74) is 7.79. The summed E-state index contributed by atoms with van der Waals surface area (Å²) in [7, 11) is 0. The van der Waals surface area contributed by atoms with Crippen LogP contribution in [-0.2, 0) is 11.3 Å². The minimum atomic E-state index is -0.355. The molecule has 0 spiro atoms. The second-order valence-electron chi connectivity index (χ2n) is 3.85. The zero-order valence-electron chi connectivity index (χ0n) is 9.77. The monoisotopic (exact) mass is 325 g/mol. The molecule has 2 aromatic rings. The predicted octanol–water partition coefficient (Wildman–Crippen LogP) is 3.76. The summed E-state index contributed by atoms with van der Waals surface area (Å²) in [4.78, 5) is 12.8. The molecule has 1 heterocycles. The van der Waals surface area contributed by atoms with Gasteiger partial charge in [-0.2, -0.15) is 0 Å². The van der Waals surface area contributed by atoms with Crippen molar-refractivity contribution in [3.63, 3.8) is 0 Å². The number of hydrogen-bond donors (Lipinski definition) is 1. The Morgan fingerprint density at radius 2 is 2.17 bits per heavy atom. The first-order valence-corrected chi connectivity index (χ1v) is 6.94. The number of anilines is 1. The Morgan fingerprint density at radius 3 is 2.78 bits per heavy atom. The zero-order valence-corrected chi connectivity index (χ0v) is 12.2. The van der Waals surface area contributed by atoms with Gasteiger partial charge in [-0.05, 0) is 52.7 Å². The number of rotatable bonds is 3. The molecule has 0 aliphatic rings. The highest BCUT2D eigenvalue weighted by molar-refractivity contribution is 9.11. The van der Waals surface area contributed by atoms with Gasteiger partial charge in [0.25, 0.3) is 0 Å². The maximum atomic E-state index is 11.8. The largest absolute Gasteiger partial charge is 0.456 e.